The Morgan fingerprint density at radius 2 is 2.08 bits per heavy atom. The van der Waals surface area contributed by atoms with Crippen molar-refractivity contribution in [2.45, 2.75) is 23.6 Å². The van der Waals surface area contributed by atoms with Crippen LogP contribution in [0.3, 0.4) is 0 Å². The summed E-state index contributed by atoms with van der Waals surface area (Å²) < 4.78 is 10.5. The zero-order valence-electron chi connectivity index (χ0n) is 6.66. The molecule has 0 aromatic heterocycles. The minimum atomic E-state index is -0.814. The first kappa shape index (κ1) is 9.04. The Hall–Kier alpha value is -0.530. The fourth-order valence-electron chi connectivity index (χ4n) is 1.64. The van der Waals surface area contributed by atoms with Crippen molar-refractivity contribution in [1.29, 1.82) is 0 Å². The molecule has 0 bridgehead atoms. The van der Waals surface area contributed by atoms with Crippen LogP contribution in [0.1, 0.15) is 0 Å². The van der Waals surface area contributed by atoms with E-state index in [1.54, 1.807) is 0 Å². The summed E-state index contributed by atoms with van der Waals surface area (Å²) in [6.07, 6.45) is -1.11. The van der Waals surface area contributed by atoms with Crippen molar-refractivity contribution in [2.24, 2.45) is 0 Å². The van der Waals surface area contributed by atoms with Gasteiger partial charge in [0.2, 0.25) is 0 Å². The number of thiol groups is 1. The summed E-state index contributed by atoms with van der Waals surface area (Å²) in [4.78, 5) is 14.5. The molecular formula is C6H9NO5S. The summed E-state index contributed by atoms with van der Waals surface area (Å²) in [6.45, 7) is 0.656. The van der Waals surface area contributed by atoms with Crippen LogP contribution in [0.2, 0.25) is 0 Å². The molecule has 7 heteroatoms. The van der Waals surface area contributed by atoms with Gasteiger partial charge in [-0.3, -0.25) is 0 Å². The van der Waals surface area contributed by atoms with Gasteiger partial charge in [0.05, 0.1) is 24.6 Å². The van der Waals surface area contributed by atoms with Crippen molar-refractivity contribution >= 4 is 12.6 Å². The Labute approximate surface area is 79.7 Å². The van der Waals surface area contributed by atoms with E-state index in [2.05, 4.69) is 17.5 Å². The maximum atomic E-state index is 10.1. The number of hydrogen-bond acceptors (Lipinski definition) is 6. The molecule has 0 aromatic carbocycles. The quantitative estimate of drug-likeness (QED) is 0.381. The molecule has 0 amide bonds. The van der Waals surface area contributed by atoms with Gasteiger partial charge in [0.15, 0.2) is 6.10 Å². The van der Waals surface area contributed by atoms with E-state index in [9.17, 15) is 10.1 Å². The van der Waals surface area contributed by atoms with Crippen molar-refractivity contribution in [1.82, 2.24) is 0 Å². The standard InChI is InChI=1S/C6H9NO5S/c8-7(9)12-3-1-10-6-4(13)2-11-5(3)6/h3-6,13H,1-2H2/t3-,4-,5-,6-/m1/s1. The van der Waals surface area contributed by atoms with Crippen molar-refractivity contribution in [3.63, 3.8) is 0 Å². The second kappa shape index (κ2) is 3.32. The van der Waals surface area contributed by atoms with E-state index in [-0.39, 0.29) is 24.1 Å². The van der Waals surface area contributed by atoms with Crippen molar-refractivity contribution in [3.05, 3.63) is 10.1 Å². The van der Waals surface area contributed by atoms with E-state index in [1.165, 1.54) is 0 Å². The Morgan fingerprint density at radius 3 is 2.77 bits per heavy atom. The van der Waals surface area contributed by atoms with Crippen LogP contribution >= 0.6 is 12.6 Å². The summed E-state index contributed by atoms with van der Waals surface area (Å²) in [5.41, 5.74) is 0. The average Bonchev–Trinajstić information content (AvgIpc) is 2.56. The topological polar surface area (TPSA) is 70.8 Å². The first-order valence-corrected chi connectivity index (χ1v) is 4.42. The number of hydrogen-bond donors (Lipinski definition) is 1. The SMILES string of the molecule is O=[N+]([O-])O[C@@H]1CO[C@H]2[C@@H]1OC[C@H]2S. The maximum absolute atomic E-state index is 10.1. The molecule has 0 aromatic rings. The number of fused-ring (bicyclic) bond motifs is 1. The minimum Gasteiger partial charge on any atom is -0.372 e. The zero-order valence-corrected chi connectivity index (χ0v) is 7.55. The van der Waals surface area contributed by atoms with Crippen LogP contribution in [-0.2, 0) is 14.3 Å². The number of ether oxygens (including phenoxy) is 2. The highest BCUT2D eigenvalue weighted by Gasteiger charge is 2.48. The zero-order chi connectivity index (χ0) is 9.42. The first-order valence-electron chi connectivity index (χ1n) is 3.91. The van der Waals surface area contributed by atoms with Gasteiger partial charge in [-0.1, -0.05) is 0 Å². The molecule has 0 spiro atoms. The predicted molar refractivity (Wildman–Crippen MR) is 44.1 cm³/mol. The lowest BCUT2D eigenvalue weighted by Crippen LogP contribution is -2.33. The lowest BCUT2D eigenvalue weighted by molar-refractivity contribution is -0.769. The highest BCUT2D eigenvalue weighted by Crippen LogP contribution is 2.31. The van der Waals surface area contributed by atoms with Gasteiger partial charge >= 0.3 is 0 Å². The van der Waals surface area contributed by atoms with Gasteiger partial charge < -0.3 is 14.3 Å². The van der Waals surface area contributed by atoms with Crippen molar-refractivity contribution < 1.29 is 19.4 Å². The predicted octanol–water partition coefficient (Wildman–Crippen LogP) is -0.341. The van der Waals surface area contributed by atoms with Crippen molar-refractivity contribution in [2.75, 3.05) is 13.2 Å². The summed E-state index contributed by atoms with van der Waals surface area (Å²) >= 11 is 4.22. The third kappa shape index (κ3) is 1.59. The summed E-state index contributed by atoms with van der Waals surface area (Å²) in [7, 11) is 0. The van der Waals surface area contributed by atoms with E-state index in [4.69, 9.17) is 9.47 Å². The normalized spacial score (nSPS) is 43.2. The monoisotopic (exact) mass is 207 g/mol. The van der Waals surface area contributed by atoms with Crippen LogP contribution in [0.4, 0.5) is 0 Å². The van der Waals surface area contributed by atoms with Crippen LogP contribution in [0, 0.1) is 10.1 Å². The molecule has 6 nitrogen and oxygen atoms in total. The van der Waals surface area contributed by atoms with Gasteiger partial charge in [0.1, 0.15) is 6.10 Å². The van der Waals surface area contributed by atoms with Gasteiger partial charge in [-0.25, -0.2) is 0 Å². The van der Waals surface area contributed by atoms with E-state index in [1.807, 2.05) is 0 Å². The van der Waals surface area contributed by atoms with Gasteiger partial charge in [-0.15, -0.1) is 10.1 Å². The third-order valence-corrected chi connectivity index (χ3v) is 2.65. The molecule has 13 heavy (non-hydrogen) atoms. The van der Waals surface area contributed by atoms with E-state index in [0.29, 0.717) is 6.61 Å². The highest BCUT2D eigenvalue weighted by molar-refractivity contribution is 7.81. The molecule has 0 unspecified atom stereocenters. The Kier molecular flexibility index (Phi) is 2.31. The van der Waals surface area contributed by atoms with E-state index >= 15 is 0 Å². The molecule has 0 radical (unpaired) electrons. The second-order valence-corrected chi connectivity index (χ2v) is 3.69. The lowest BCUT2D eigenvalue weighted by Gasteiger charge is -2.12. The Morgan fingerprint density at radius 1 is 1.38 bits per heavy atom. The smallest absolute Gasteiger partial charge is 0.294 e. The first-order chi connectivity index (χ1) is 6.18. The van der Waals surface area contributed by atoms with E-state index in [0.717, 1.165) is 0 Å². The maximum Gasteiger partial charge on any atom is 0.294 e. The minimum absolute atomic E-state index is 0.00893. The van der Waals surface area contributed by atoms with Gasteiger partial charge in [0, 0.05) is 0 Å². The fourth-order valence-corrected chi connectivity index (χ4v) is 1.99. The largest absolute Gasteiger partial charge is 0.372 e. The molecule has 74 valence electrons. The van der Waals surface area contributed by atoms with Crippen LogP contribution in [-0.4, -0.2) is 41.9 Å². The Balaban J connectivity index is 1.98. The molecular weight excluding hydrogens is 198 g/mol. The second-order valence-electron chi connectivity index (χ2n) is 3.03. The van der Waals surface area contributed by atoms with Crippen LogP contribution in [0.25, 0.3) is 0 Å². The highest BCUT2D eigenvalue weighted by atomic mass is 32.1. The number of nitrogens with zero attached hydrogens (tertiary/aromatic N) is 1. The van der Waals surface area contributed by atoms with Gasteiger partial charge in [-0.2, -0.15) is 12.6 Å². The molecule has 2 fully saturated rings. The molecule has 0 saturated carbocycles. The van der Waals surface area contributed by atoms with Gasteiger partial charge in [0.25, 0.3) is 5.09 Å². The van der Waals surface area contributed by atoms with Crippen LogP contribution < -0.4 is 0 Å². The molecule has 0 aliphatic carbocycles. The molecule has 0 N–H and O–H groups in total. The molecule has 2 rings (SSSR count). The van der Waals surface area contributed by atoms with Crippen molar-refractivity contribution in [3.8, 4) is 0 Å². The molecule has 2 aliphatic heterocycles. The lowest BCUT2D eigenvalue weighted by atomic mass is 10.1. The third-order valence-electron chi connectivity index (χ3n) is 2.20. The van der Waals surface area contributed by atoms with Crippen LogP contribution in [0.5, 0.6) is 0 Å². The average molecular weight is 207 g/mol. The molecule has 2 aliphatic rings. The van der Waals surface area contributed by atoms with Crippen LogP contribution in [0.15, 0.2) is 0 Å². The Bertz CT molecular complexity index is 225. The summed E-state index contributed by atoms with van der Waals surface area (Å²) in [6, 6.07) is 0. The van der Waals surface area contributed by atoms with E-state index < -0.39 is 11.2 Å². The number of rotatable bonds is 2. The summed E-state index contributed by atoms with van der Waals surface area (Å²) in [5.74, 6) is 0. The molecule has 4 atom stereocenters. The molecule has 2 saturated heterocycles. The summed E-state index contributed by atoms with van der Waals surface area (Å²) in [5, 5.41) is 9.26. The molecule has 2 heterocycles. The fraction of sp³-hybridized carbons (Fsp3) is 1.00. The van der Waals surface area contributed by atoms with Gasteiger partial charge in [-0.05, 0) is 0 Å².